The van der Waals surface area contributed by atoms with Gasteiger partial charge >= 0.3 is 5.97 Å². The molecule has 19 heavy (non-hydrogen) atoms. The highest BCUT2D eigenvalue weighted by Crippen LogP contribution is 2.22. The lowest BCUT2D eigenvalue weighted by molar-refractivity contribution is -0.132. The van der Waals surface area contributed by atoms with Crippen molar-refractivity contribution in [3.8, 4) is 0 Å². The molecule has 0 saturated heterocycles. The van der Waals surface area contributed by atoms with Gasteiger partial charge in [-0.25, -0.2) is 9.48 Å². The monoisotopic (exact) mass is 268 g/mol. The zero-order valence-electron chi connectivity index (χ0n) is 12.2. The van der Waals surface area contributed by atoms with Gasteiger partial charge in [-0.05, 0) is 12.8 Å². The van der Waals surface area contributed by atoms with Crippen LogP contribution in [0, 0.1) is 0 Å². The molecule has 106 valence electrons. The highest BCUT2D eigenvalue weighted by molar-refractivity contribution is 5.88. The first-order chi connectivity index (χ1) is 8.81. The molecule has 0 aromatic carbocycles. The molecular formula is C12H20N4O3. The van der Waals surface area contributed by atoms with Crippen LogP contribution < -0.4 is 0 Å². The van der Waals surface area contributed by atoms with Gasteiger partial charge < -0.3 is 9.64 Å². The summed E-state index contributed by atoms with van der Waals surface area (Å²) in [6, 6.07) is -0.515. The standard InChI is InChI=1S/C12H20N4O3/c1-7(2)10-9(12(18)19-6)13-14-16(10)8(3)11(17)15(4)5/h7-8H,1-6H3. The van der Waals surface area contributed by atoms with E-state index >= 15 is 0 Å². The number of rotatable bonds is 4. The van der Waals surface area contributed by atoms with E-state index < -0.39 is 12.0 Å². The Kier molecular flexibility index (Phi) is 4.63. The Balaban J connectivity index is 3.26. The van der Waals surface area contributed by atoms with E-state index in [0.717, 1.165) is 0 Å². The molecule has 7 nitrogen and oxygen atoms in total. The van der Waals surface area contributed by atoms with E-state index in [4.69, 9.17) is 0 Å². The van der Waals surface area contributed by atoms with Crippen molar-refractivity contribution in [2.75, 3.05) is 21.2 Å². The maximum Gasteiger partial charge on any atom is 0.360 e. The van der Waals surface area contributed by atoms with Crippen molar-refractivity contribution >= 4 is 11.9 Å². The summed E-state index contributed by atoms with van der Waals surface area (Å²) in [5.74, 6) is -0.649. The van der Waals surface area contributed by atoms with Crippen LogP contribution >= 0.6 is 0 Å². The Hall–Kier alpha value is -1.92. The van der Waals surface area contributed by atoms with E-state index in [-0.39, 0.29) is 17.5 Å². The summed E-state index contributed by atoms with van der Waals surface area (Å²) in [7, 11) is 4.64. The maximum atomic E-state index is 12.0. The fraction of sp³-hybridized carbons (Fsp3) is 0.667. The third-order valence-electron chi connectivity index (χ3n) is 2.82. The van der Waals surface area contributed by atoms with Crippen molar-refractivity contribution in [3.63, 3.8) is 0 Å². The number of aromatic nitrogens is 3. The zero-order chi connectivity index (χ0) is 14.7. The number of amides is 1. The Bertz CT molecular complexity index is 479. The fourth-order valence-electron chi connectivity index (χ4n) is 1.85. The maximum absolute atomic E-state index is 12.0. The molecule has 7 heteroatoms. The molecular weight excluding hydrogens is 248 g/mol. The molecule has 1 heterocycles. The molecule has 1 aromatic rings. The van der Waals surface area contributed by atoms with E-state index in [9.17, 15) is 9.59 Å². The molecule has 0 aliphatic carbocycles. The highest BCUT2D eigenvalue weighted by atomic mass is 16.5. The highest BCUT2D eigenvalue weighted by Gasteiger charge is 2.28. The summed E-state index contributed by atoms with van der Waals surface area (Å²) in [6.07, 6.45) is 0. The first-order valence-corrected chi connectivity index (χ1v) is 6.05. The van der Waals surface area contributed by atoms with Crippen LogP contribution in [0.3, 0.4) is 0 Å². The Labute approximate surface area is 112 Å². The van der Waals surface area contributed by atoms with E-state index in [0.29, 0.717) is 5.69 Å². The van der Waals surface area contributed by atoms with Crippen LogP contribution in [0.5, 0.6) is 0 Å². The Morgan fingerprint density at radius 3 is 2.26 bits per heavy atom. The summed E-state index contributed by atoms with van der Waals surface area (Å²) in [5.41, 5.74) is 0.769. The molecule has 1 amide bonds. The van der Waals surface area contributed by atoms with Gasteiger partial charge in [0.25, 0.3) is 0 Å². The molecule has 1 rings (SSSR count). The Morgan fingerprint density at radius 2 is 1.84 bits per heavy atom. The number of carbonyl (C=O) groups excluding carboxylic acids is 2. The van der Waals surface area contributed by atoms with Crippen molar-refractivity contribution in [3.05, 3.63) is 11.4 Å². The van der Waals surface area contributed by atoms with Gasteiger partial charge in [0.15, 0.2) is 5.69 Å². The minimum Gasteiger partial charge on any atom is -0.464 e. The second-order valence-corrected chi connectivity index (χ2v) is 4.82. The first kappa shape index (κ1) is 15.1. The van der Waals surface area contributed by atoms with Crippen molar-refractivity contribution in [1.82, 2.24) is 19.9 Å². The third-order valence-corrected chi connectivity index (χ3v) is 2.82. The van der Waals surface area contributed by atoms with Crippen LogP contribution in [0.25, 0.3) is 0 Å². The summed E-state index contributed by atoms with van der Waals surface area (Å²) in [4.78, 5) is 25.1. The quantitative estimate of drug-likeness (QED) is 0.756. The SMILES string of the molecule is COC(=O)c1nnn(C(C)C(=O)N(C)C)c1C(C)C. The molecule has 0 spiro atoms. The number of hydrogen-bond donors (Lipinski definition) is 0. The van der Waals surface area contributed by atoms with Gasteiger partial charge in [0, 0.05) is 14.1 Å². The number of hydrogen-bond acceptors (Lipinski definition) is 5. The minimum absolute atomic E-state index is 0.00140. The Morgan fingerprint density at radius 1 is 1.26 bits per heavy atom. The van der Waals surface area contributed by atoms with Crippen molar-refractivity contribution in [2.24, 2.45) is 0 Å². The number of esters is 1. The van der Waals surface area contributed by atoms with Crippen LogP contribution in [0.15, 0.2) is 0 Å². The van der Waals surface area contributed by atoms with E-state index in [1.165, 1.54) is 16.7 Å². The van der Waals surface area contributed by atoms with Crippen LogP contribution in [-0.2, 0) is 9.53 Å². The topological polar surface area (TPSA) is 77.3 Å². The molecule has 0 N–H and O–H groups in total. The van der Waals surface area contributed by atoms with Crippen LogP contribution in [0.1, 0.15) is 48.9 Å². The van der Waals surface area contributed by atoms with Crippen molar-refractivity contribution in [1.29, 1.82) is 0 Å². The van der Waals surface area contributed by atoms with Gasteiger partial charge in [-0.1, -0.05) is 19.1 Å². The van der Waals surface area contributed by atoms with Gasteiger partial charge in [-0.3, -0.25) is 4.79 Å². The van der Waals surface area contributed by atoms with Crippen LogP contribution in [-0.4, -0.2) is 53.0 Å². The molecule has 0 aliphatic rings. The lowest BCUT2D eigenvalue weighted by Crippen LogP contribution is -2.31. The normalized spacial score (nSPS) is 12.4. The molecule has 0 bridgehead atoms. The number of carbonyl (C=O) groups is 2. The van der Waals surface area contributed by atoms with Gasteiger partial charge in [0.2, 0.25) is 5.91 Å². The molecule has 0 aliphatic heterocycles. The van der Waals surface area contributed by atoms with E-state index in [1.807, 2.05) is 13.8 Å². The van der Waals surface area contributed by atoms with Crippen molar-refractivity contribution in [2.45, 2.75) is 32.7 Å². The van der Waals surface area contributed by atoms with Gasteiger partial charge in [0.1, 0.15) is 6.04 Å². The fourth-order valence-corrected chi connectivity index (χ4v) is 1.85. The van der Waals surface area contributed by atoms with Gasteiger partial charge in [-0.2, -0.15) is 0 Å². The summed E-state index contributed by atoms with van der Waals surface area (Å²) in [5, 5.41) is 7.77. The molecule has 0 fully saturated rings. The van der Waals surface area contributed by atoms with Gasteiger partial charge in [0.05, 0.1) is 12.8 Å². The average Bonchev–Trinajstić information content (AvgIpc) is 2.80. The predicted octanol–water partition coefficient (Wildman–Crippen LogP) is 0.837. The number of likely N-dealkylation sites (N-methyl/N-ethyl adjacent to an activating group) is 1. The zero-order valence-corrected chi connectivity index (χ0v) is 12.2. The summed E-state index contributed by atoms with van der Waals surface area (Å²) < 4.78 is 6.16. The average molecular weight is 268 g/mol. The van der Waals surface area contributed by atoms with Crippen LogP contribution in [0.2, 0.25) is 0 Å². The van der Waals surface area contributed by atoms with Crippen LogP contribution in [0.4, 0.5) is 0 Å². The summed E-state index contributed by atoms with van der Waals surface area (Å²) >= 11 is 0. The minimum atomic E-state index is -0.542. The molecule has 1 atom stereocenters. The summed E-state index contributed by atoms with van der Waals surface area (Å²) in [6.45, 7) is 5.55. The largest absolute Gasteiger partial charge is 0.464 e. The molecule has 1 unspecified atom stereocenters. The smallest absolute Gasteiger partial charge is 0.360 e. The first-order valence-electron chi connectivity index (χ1n) is 6.05. The lowest BCUT2D eigenvalue weighted by atomic mass is 10.1. The molecule has 0 saturated carbocycles. The molecule has 0 radical (unpaired) electrons. The number of nitrogens with zero attached hydrogens (tertiary/aromatic N) is 4. The number of methoxy groups -OCH3 is 1. The predicted molar refractivity (Wildman–Crippen MR) is 68.9 cm³/mol. The number of ether oxygens (including phenoxy) is 1. The van der Waals surface area contributed by atoms with E-state index in [1.54, 1.807) is 21.0 Å². The second kappa shape index (κ2) is 5.81. The van der Waals surface area contributed by atoms with Crippen molar-refractivity contribution < 1.29 is 14.3 Å². The second-order valence-electron chi connectivity index (χ2n) is 4.82. The third kappa shape index (κ3) is 2.91. The van der Waals surface area contributed by atoms with Gasteiger partial charge in [-0.15, -0.1) is 5.10 Å². The lowest BCUT2D eigenvalue weighted by Gasteiger charge is -2.19. The molecule has 1 aromatic heterocycles. The van der Waals surface area contributed by atoms with E-state index in [2.05, 4.69) is 15.0 Å².